The molecule has 0 bridgehead atoms. The molecule has 1 heterocycles. The maximum atomic E-state index is 12.0. The average Bonchev–Trinajstić information content (AvgIpc) is 2.48. The Morgan fingerprint density at radius 2 is 1.65 bits per heavy atom. The molecule has 126 valence electrons. The Kier molecular flexibility index (Phi) is 7.15. The molecule has 1 N–H and O–H groups in total. The van der Waals surface area contributed by atoms with Crippen molar-refractivity contribution >= 4 is 45.3 Å². The summed E-state index contributed by atoms with van der Waals surface area (Å²) in [5, 5.41) is 3.43. The van der Waals surface area contributed by atoms with E-state index in [0.717, 1.165) is 10.2 Å². The fourth-order valence-corrected chi connectivity index (χ4v) is 2.71. The third kappa shape index (κ3) is 5.00. The molecule has 0 radical (unpaired) electrons. The predicted octanol–water partition coefficient (Wildman–Crippen LogP) is 4.30. The van der Waals surface area contributed by atoms with Crippen molar-refractivity contribution in [3.8, 4) is 0 Å². The summed E-state index contributed by atoms with van der Waals surface area (Å²) in [6.07, 6.45) is 1.76. The van der Waals surface area contributed by atoms with E-state index in [2.05, 4.69) is 21.2 Å². The summed E-state index contributed by atoms with van der Waals surface area (Å²) in [5.41, 5.74) is 0.609. The van der Waals surface area contributed by atoms with Gasteiger partial charge in [-0.2, -0.15) is 0 Å². The molecule has 1 aromatic carbocycles. The second-order valence-corrected chi connectivity index (χ2v) is 6.36. The van der Waals surface area contributed by atoms with Crippen LogP contribution in [0.2, 0.25) is 0 Å². The molecule has 0 aromatic heterocycles. The number of carbonyl (C=O) groups excluding carboxylic acids is 2. The summed E-state index contributed by atoms with van der Waals surface area (Å²) in [5.74, 6) is -2.63. The highest BCUT2D eigenvalue weighted by Gasteiger charge is 2.41. The fraction of sp³-hybridized carbons (Fsp3) is 0.375. The first-order valence-electron chi connectivity index (χ1n) is 7.10. The van der Waals surface area contributed by atoms with E-state index < -0.39 is 17.7 Å². The third-order valence-corrected chi connectivity index (χ3v) is 4.04. The van der Waals surface area contributed by atoms with Crippen LogP contribution < -0.4 is 5.32 Å². The molecule has 23 heavy (non-hydrogen) atoms. The normalized spacial score (nSPS) is 15.8. The standard InChI is InChI=1S/C14H14BrNO4S.C2H6/c1-14(2)19-12(17)10(13(18)20-14)11(21-3)16-9-7-5-4-6-8(9)15;1-2/h4-7,16H,1-3H3;1-2H3. The van der Waals surface area contributed by atoms with Crippen LogP contribution in [0.1, 0.15) is 27.7 Å². The van der Waals surface area contributed by atoms with Crippen LogP contribution in [0.25, 0.3) is 0 Å². The van der Waals surface area contributed by atoms with Crippen molar-refractivity contribution in [3.05, 3.63) is 39.3 Å². The molecule has 0 unspecified atom stereocenters. The lowest BCUT2D eigenvalue weighted by molar-refractivity contribution is -0.222. The van der Waals surface area contributed by atoms with Crippen molar-refractivity contribution in [1.29, 1.82) is 0 Å². The molecule has 5 nitrogen and oxygen atoms in total. The van der Waals surface area contributed by atoms with Gasteiger partial charge < -0.3 is 14.8 Å². The van der Waals surface area contributed by atoms with Gasteiger partial charge in [-0.25, -0.2) is 9.59 Å². The summed E-state index contributed by atoms with van der Waals surface area (Å²) in [6, 6.07) is 7.39. The van der Waals surface area contributed by atoms with E-state index in [4.69, 9.17) is 9.47 Å². The number of halogens is 1. The van der Waals surface area contributed by atoms with Crippen LogP contribution in [-0.4, -0.2) is 24.0 Å². The maximum Gasteiger partial charge on any atom is 0.351 e. The summed E-state index contributed by atoms with van der Waals surface area (Å²) >= 11 is 4.63. The summed E-state index contributed by atoms with van der Waals surface area (Å²) < 4.78 is 11.0. The molecular formula is C16H20BrNO4S. The minimum Gasteiger partial charge on any atom is -0.419 e. The molecule has 2 rings (SSSR count). The zero-order valence-corrected chi connectivity index (χ0v) is 16.1. The van der Waals surface area contributed by atoms with Gasteiger partial charge in [-0.05, 0) is 34.3 Å². The van der Waals surface area contributed by atoms with E-state index in [-0.39, 0.29) is 5.57 Å². The monoisotopic (exact) mass is 401 g/mol. The SMILES string of the molecule is CC.CSC(Nc1ccccc1Br)=C1C(=O)OC(C)(C)OC1=O. The van der Waals surface area contributed by atoms with Gasteiger partial charge in [-0.3, -0.25) is 0 Å². The van der Waals surface area contributed by atoms with Crippen molar-refractivity contribution in [2.24, 2.45) is 0 Å². The number of rotatable bonds is 3. The molecule has 0 atom stereocenters. The molecule has 1 fully saturated rings. The number of ether oxygens (including phenoxy) is 2. The molecule has 1 saturated heterocycles. The van der Waals surface area contributed by atoms with Gasteiger partial charge in [-0.15, -0.1) is 11.8 Å². The van der Waals surface area contributed by atoms with E-state index in [0.29, 0.717) is 5.03 Å². The fourth-order valence-electron chi connectivity index (χ4n) is 1.74. The number of hydrogen-bond acceptors (Lipinski definition) is 6. The van der Waals surface area contributed by atoms with E-state index in [1.54, 1.807) is 6.26 Å². The van der Waals surface area contributed by atoms with E-state index in [9.17, 15) is 9.59 Å². The van der Waals surface area contributed by atoms with Crippen LogP contribution in [0.5, 0.6) is 0 Å². The topological polar surface area (TPSA) is 64.6 Å². The van der Waals surface area contributed by atoms with Crippen molar-refractivity contribution in [1.82, 2.24) is 0 Å². The van der Waals surface area contributed by atoms with Crippen LogP contribution in [0.3, 0.4) is 0 Å². The zero-order chi connectivity index (χ0) is 17.6. The second-order valence-electron chi connectivity index (χ2n) is 4.69. The highest BCUT2D eigenvalue weighted by atomic mass is 79.9. The lowest BCUT2D eigenvalue weighted by Gasteiger charge is -2.30. The van der Waals surface area contributed by atoms with Gasteiger partial charge in [0.25, 0.3) is 5.79 Å². The Morgan fingerprint density at radius 3 is 2.13 bits per heavy atom. The third-order valence-electron chi connectivity index (χ3n) is 2.64. The Hall–Kier alpha value is -1.47. The number of thioether (sulfide) groups is 1. The molecular weight excluding hydrogens is 382 g/mol. The van der Waals surface area contributed by atoms with Gasteiger partial charge >= 0.3 is 11.9 Å². The smallest absolute Gasteiger partial charge is 0.351 e. The average molecular weight is 402 g/mol. The summed E-state index contributed by atoms with van der Waals surface area (Å²) in [7, 11) is 0. The lowest BCUT2D eigenvalue weighted by atomic mass is 10.2. The lowest BCUT2D eigenvalue weighted by Crippen LogP contribution is -2.42. The molecule has 1 aliphatic heterocycles. The highest BCUT2D eigenvalue weighted by Crippen LogP contribution is 2.31. The van der Waals surface area contributed by atoms with Crippen LogP contribution in [-0.2, 0) is 19.1 Å². The first-order chi connectivity index (χ1) is 10.8. The molecule has 0 spiro atoms. The molecule has 0 amide bonds. The largest absolute Gasteiger partial charge is 0.419 e. The van der Waals surface area contributed by atoms with Crippen molar-refractivity contribution in [2.75, 3.05) is 11.6 Å². The quantitative estimate of drug-likeness (QED) is 0.462. The number of para-hydroxylation sites is 1. The number of hydrogen-bond donors (Lipinski definition) is 1. The number of anilines is 1. The minimum atomic E-state index is -1.24. The van der Waals surface area contributed by atoms with E-state index in [1.165, 1.54) is 25.6 Å². The summed E-state index contributed by atoms with van der Waals surface area (Å²) in [6.45, 7) is 7.03. The van der Waals surface area contributed by atoms with Gasteiger partial charge in [0.1, 0.15) is 0 Å². The van der Waals surface area contributed by atoms with E-state index in [1.807, 2.05) is 38.1 Å². The van der Waals surface area contributed by atoms with Gasteiger partial charge in [0.15, 0.2) is 5.57 Å². The first-order valence-corrected chi connectivity index (χ1v) is 9.12. The van der Waals surface area contributed by atoms with Gasteiger partial charge in [-0.1, -0.05) is 26.0 Å². The predicted molar refractivity (Wildman–Crippen MR) is 95.9 cm³/mol. The van der Waals surface area contributed by atoms with Crippen LogP contribution in [0, 0.1) is 0 Å². The van der Waals surface area contributed by atoms with Crippen molar-refractivity contribution < 1.29 is 19.1 Å². The second kappa shape index (κ2) is 8.40. The maximum absolute atomic E-state index is 12.0. The Labute approximate surface area is 148 Å². The number of cyclic esters (lactones) is 2. The Morgan fingerprint density at radius 1 is 1.13 bits per heavy atom. The van der Waals surface area contributed by atoms with Crippen molar-refractivity contribution in [2.45, 2.75) is 33.5 Å². The van der Waals surface area contributed by atoms with E-state index >= 15 is 0 Å². The molecule has 0 aliphatic carbocycles. The van der Waals surface area contributed by atoms with Crippen LogP contribution in [0.15, 0.2) is 39.3 Å². The first kappa shape index (κ1) is 19.6. The Balaban J connectivity index is 0.00000127. The molecule has 0 saturated carbocycles. The minimum absolute atomic E-state index is 0.127. The molecule has 1 aromatic rings. The van der Waals surface area contributed by atoms with Gasteiger partial charge in [0.05, 0.1) is 10.7 Å². The van der Waals surface area contributed by atoms with Gasteiger partial charge in [0.2, 0.25) is 0 Å². The van der Waals surface area contributed by atoms with Crippen LogP contribution in [0.4, 0.5) is 5.69 Å². The molecule has 1 aliphatic rings. The number of carbonyl (C=O) groups is 2. The Bertz CT molecular complexity index is 606. The molecule has 7 heteroatoms. The highest BCUT2D eigenvalue weighted by molar-refractivity contribution is 9.10. The number of benzene rings is 1. The summed E-state index contributed by atoms with van der Waals surface area (Å²) in [4.78, 5) is 24.1. The zero-order valence-electron chi connectivity index (χ0n) is 13.7. The number of nitrogens with one attached hydrogen (secondary N) is 1. The number of esters is 2. The van der Waals surface area contributed by atoms with Crippen LogP contribution >= 0.6 is 27.7 Å². The van der Waals surface area contributed by atoms with Gasteiger partial charge in [0, 0.05) is 18.3 Å². The van der Waals surface area contributed by atoms with Crippen molar-refractivity contribution in [3.63, 3.8) is 0 Å².